The van der Waals surface area contributed by atoms with Gasteiger partial charge in [0.1, 0.15) is 5.41 Å². The highest BCUT2D eigenvalue weighted by Gasteiger charge is 2.39. The predicted molar refractivity (Wildman–Crippen MR) is 79.4 cm³/mol. The van der Waals surface area contributed by atoms with Crippen LogP contribution in [0.15, 0.2) is 5.38 Å². The second-order valence-corrected chi connectivity index (χ2v) is 6.75. The number of rotatable bonds is 8. The molecule has 1 atom stereocenters. The van der Waals surface area contributed by atoms with E-state index < -0.39 is 22.2 Å². The fourth-order valence-corrected chi connectivity index (χ4v) is 3.13. The standard InChI is InChI=1S/C12H20N2O3S2/c1-4-12(5-2,10(15)16)9-8-18-11(14-9)13-6-7-19(3)17/h8H,4-7H2,1-3H3,(H,13,14)(H,15,16). The Morgan fingerprint density at radius 2 is 2.16 bits per heavy atom. The van der Waals surface area contributed by atoms with Gasteiger partial charge >= 0.3 is 5.97 Å². The molecule has 0 aliphatic heterocycles. The van der Waals surface area contributed by atoms with Gasteiger partial charge in [-0.2, -0.15) is 0 Å². The number of hydrogen-bond acceptors (Lipinski definition) is 5. The van der Waals surface area contributed by atoms with E-state index in [9.17, 15) is 14.1 Å². The van der Waals surface area contributed by atoms with Gasteiger partial charge in [-0.3, -0.25) is 9.00 Å². The maximum Gasteiger partial charge on any atom is 0.315 e. The SMILES string of the molecule is CCC(CC)(C(=O)O)c1csc(NCCS(C)=O)n1. The molecule has 0 saturated carbocycles. The molecule has 0 aliphatic rings. The van der Waals surface area contributed by atoms with Crippen LogP contribution in [0.25, 0.3) is 0 Å². The zero-order valence-corrected chi connectivity index (χ0v) is 13.1. The van der Waals surface area contributed by atoms with E-state index in [1.54, 1.807) is 11.6 Å². The average molecular weight is 304 g/mol. The number of hydrogen-bond donors (Lipinski definition) is 2. The van der Waals surface area contributed by atoms with Crippen molar-refractivity contribution in [3.8, 4) is 0 Å². The third kappa shape index (κ3) is 3.76. The lowest BCUT2D eigenvalue weighted by atomic mass is 9.80. The first-order valence-electron chi connectivity index (χ1n) is 6.19. The molecule has 0 aliphatic carbocycles. The molecule has 5 nitrogen and oxygen atoms in total. The molecular weight excluding hydrogens is 284 g/mol. The first kappa shape index (κ1) is 16.1. The molecule has 19 heavy (non-hydrogen) atoms. The largest absolute Gasteiger partial charge is 0.481 e. The molecular formula is C12H20N2O3S2. The summed E-state index contributed by atoms with van der Waals surface area (Å²) in [4.78, 5) is 15.9. The highest BCUT2D eigenvalue weighted by atomic mass is 32.2. The van der Waals surface area contributed by atoms with Crippen molar-refractivity contribution in [2.24, 2.45) is 0 Å². The summed E-state index contributed by atoms with van der Waals surface area (Å²) in [5, 5.41) is 15.0. The zero-order valence-electron chi connectivity index (χ0n) is 11.4. The van der Waals surface area contributed by atoms with E-state index in [4.69, 9.17) is 0 Å². The molecule has 7 heteroatoms. The Bertz CT molecular complexity index is 456. The second kappa shape index (κ2) is 7.00. The quantitative estimate of drug-likeness (QED) is 0.768. The van der Waals surface area contributed by atoms with Crippen LogP contribution in [0.1, 0.15) is 32.4 Å². The van der Waals surface area contributed by atoms with Gasteiger partial charge in [0, 0.05) is 34.7 Å². The van der Waals surface area contributed by atoms with Gasteiger partial charge in [-0.25, -0.2) is 4.98 Å². The Morgan fingerprint density at radius 1 is 1.53 bits per heavy atom. The summed E-state index contributed by atoms with van der Waals surface area (Å²) >= 11 is 1.39. The number of aliphatic carboxylic acids is 1. The molecule has 0 bridgehead atoms. The van der Waals surface area contributed by atoms with Crippen LogP contribution >= 0.6 is 11.3 Å². The van der Waals surface area contributed by atoms with Crippen LogP contribution in [-0.4, -0.2) is 38.8 Å². The minimum atomic E-state index is -0.899. The number of anilines is 1. The van der Waals surface area contributed by atoms with Crippen LogP contribution < -0.4 is 5.32 Å². The molecule has 0 saturated heterocycles. The van der Waals surface area contributed by atoms with E-state index in [-0.39, 0.29) is 0 Å². The highest BCUT2D eigenvalue weighted by Crippen LogP contribution is 2.33. The van der Waals surface area contributed by atoms with Crippen molar-refractivity contribution in [1.82, 2.24) is 4.98 Å². The van der Waals surface area contributed by atoms with E-state index in [2.05, 4.69) is 10.3 Å². The van der Waals surface area contributed by atoms with Crippen molar-refractivity contribution in [3.63, 3.8) is 0 Å². The average Bonchev–Trinajstić information content (AvgIpc) is 2.80. The first-order valence-corrected chi connectivity index (χ1v) is 8.80. The maximum absolute atomic E-state index is 11.5. The number of carbonyl (C=O) groups is 1. The lowest BCUT2D eigenvalue weighted by Crippen LogP contribution is -2.34. The fraction of sp³-hybridized carbons (Fsp3) is 0.667. The molecule has 1 heterocycles. The zero-order chi connectivity index (χ0) is 14.5. The highest BCUT2D eigenvalue weighted by molar-refractivity contribution is 7.84. The lowest BCUT2D eigenvalue weighted by Gasteiger charge is -2.24. The Balaban J connectivity index is 2.82. The summed E-state index contributed by atoms with van der Waals surface area (Å²) in [6.45, 7) is 4.31. The molecule has 1 aromatic heterocycles. The van der Waals surface area contributed by atoms with Crippen molar-refractivity contribution in [2.75, 3.05) is 23.9 Å². The van der Waals surface area contributed by atoms with Crippen LogP contribution in [0.5, 0.6) is 0 Å². The van der Waals surface area contributed by atoms with Crippen molar-refractivity contribution in [2.45, 2.75) is 32.1 Å². The minimum Gasteiger partial charge on any atom is -0.481 e. The third-order valence-corrected chi connectivity index (χ3v) is 4.86. The van der Waals surface area contributed by atoms with Gasteiger partial charge in [0.15, 0.2) is 5.13 Å². The lowest BCUT2D eigenvalue weighted by molar-refractivity contribution is -0.144. The van der Waals surface area contributed by atoms with Gasteiger partial charge in [0.05, 0.1) is 5.69 Å². The van der Waals surface area contributed by atoms with Crippen molar-refractivity contribution in [1.29, 1.82) is 0 Å². The van der Waals surface area contributed by atoms with E-state index >= 15 is 0 Å². The number of carboxylic acids is 1. The van der Waals surface area contributed by atoms with E-state index in [0.717, 1.165) is 0 Å². The molecule has 1 aromatic rings. The predicted octanol–water partition coefficient (Wildman–Crippen LogP) is 2.08. The van der Waals surface area contributed by atoms with Gasteiger partial charge in [-0.1, -0.05) is 13.8 Å². The summed E-state index contributed by atoms with van der Waals surface area (Å²) in [6.07, 6.45) is 2.68. The Labute approximate surface area is 119 Å². The van der Waals surface area contributed by atoms with E-state index in [1.165, 1.54) is 11.3 Å². The van der Waals surface area contributed by atoms with E-state index in [0.29, 0.717) is 36.0 Å². The number of thiazole rings is 1. The fourth-order valence-electron chi connectivity index (χ4n) is 1.90. The van der Waals surface area contributed by atoms with Crippen LogP contribution in [0.3, 0.4) is 0 Å². The van der Waals surface area contributed by atoms with Crippen molar-refractivity contribution in [3.05, 3.63) is 11.1 Å². The summed E-state index contributed by atoms with van der Waals surface area (Å²) in [5.74, 6) is -0.274. The number of nitrogens with zero attached hydrogens (tertiary/aromatic N) is 1. The van der Waals surface area contributed by atoms with Gasteiger partial charge < -0.3 is 10.4 Å². The molecule has 1 rings (SSSR count). The van der Waals surface area contributed by atoms with E-state index in [1.807, 2.05) is 13.8 Å². The monoisotopic (exact) mass is 304 g/mol. The van der Waals surface area contributed by atoms with Crippen LogP contribution in [0.2, 0.25) is 0 Å². The Kier molecular flexibility index (Phi) is 5.93. The normalized spacial score (nSPS) is 13.2. The molecule has 0 aromatic carbocycles. The molecule has 0 spiro atoms. The summed E-state index contributed by atoms with van der Waals surface area (Å²) < 4.78 is 11.0. The topological polar surface area (TPSA) is 79.3 Å². The summed E-state index contributed by atoms with van der Waals surface area (Å²) in [5.41, 5.74) is -0.292. The smallest absolute Gasteiger partial charge is 0.315 e. The first-order chi connectivity index (χ1) is 8.96. The van der Waals surface area contributed by atoms with Crippen molar-refractivity contribution >= 4 is 33.2 Å². The number of aromatic nitrogens is 1. The van der Waals surface area contributed by atoms with Gasteiger partial charge in [-0.15, -0.1) is 11.3 Å². The number of nitrogens with one attached hydrogen (secondary N) is 1. The Hall–Kier alpha value is -0.950. The van der Waals surface area contributed by atoms with Crippen LogP contribution in [0, 0.1) is 0 Å². The molecule has 0 radical (unpaired) electrons. The number of carboxylic acid groups (broad SMARTS) is 1. The molecule has 0 amide bonds. The van der Waals surface area contributed by atoms with Gasteiger partial charge in [0.25, 0.3) is 0 Å². The maximum atomic E-state index is 11.5. The molecule has 1 unspecified atom stereocenters. The van der Waals surface area contributed by atoms with Crippen molar-refractivity contribution < 1.29 is 14.1 Å². The molecule has 0 fully saturated rings. The molecule has 2 N–H and O–H groups in total. The van der Waals surface area contributed by atoms with Gasteiger partial charge in [0.2, 0.25) is 0 Å². The third-order valence-electron chi connectivity index (χ3n) is 3.28. The Morgan fingerprint density at radius 3 is 2.63 bits per heavy atom. The van der Waals surface area contributed by atoms with Crippen LogP contribution in [-0.2, 0) is 21.0 Å². The van der Waals surface area contributed by atoms with Crippen LogP contribution in [0.4, 0.5) is 5.13 Å². The second-order valence-electron chi connectivity index (χ2n) is 4.34. The van der Waals surface area contributed by atoms with Gasteiger partial charge in [-0.05, 0) is 12.8 Å². The molecule has 108 valence electrons. The summed E-state index contributed by atoms with van der Waals surface area (Å²) in [7, 11) is -0.840. The summed E-state index contributed by atoms with van der Waals surface area (Å²) in [6, 6.07) is 0. The minimum absolute atomic E-state index is 0.515.